The second kappa shape index (κ2) is 6.21. The quantitative estimate of drug-likeness (QED) is 0.901. The molecule has 0 saturated heterocycles. The van der Waals surface area contributed by atoms with Gasteiger partial charge in [-0.25, -0.2) is 4.79 Å². The molecule has 0 bridgehead atoms. The lowest BCUT2D eigenvalue weighted by Gasteiger charge is -1.98. The molecule has 0 fully saturated rings. The van der Waals surface area contributed by atoms with E-state index >= 15 is 0 Å². The average molecular weight is 273 g/mol. The number of hydrogen-bond acceptors (Lipinski definition) is 1. The van der Waals surface area contributed by atoms with E-state index in [0.29, 0.717) is 5.56 Å². The molecule has 2 nitrogen and oxygen atoms in total. The summed E-state index contributed by atoms with van der Waals surface area (Å²) in [6, 6.07) is 14.5. The van der Waals surface area contributed by atoms with Gasteiger partial charge in [0.25, 0.3) is 0 Å². The van der Waals surface area contributed by atoms with Crippen LogP contribution in [0.3, 0.4) is 0 Å². The molecule has 96 valence electrons. The molecule has 0 amide bonds. The van der Waals surface area contributed by atoms with E-state index in [9.17, 15) is 4.79 Å². The minimum Gasteiger partial charge on any atom is -0.478 e. The third kappa shape index (κ3) is 3.97. The second-order valence-corrected chi connectivity index (χ2v) is 4.60. The summed E-state index contributed by atoms with van der Waals surface area (Å²) >= 11 is 5.81. The van der Waals surface area contributed by atoms with E-state index in [1.54, 1.807) is 12.1 Å². The van der Waals surface area contributed by atoms with Crippen molar-refractivity contribution in [3.63, 3.8) is 0 Å². The Balaban J connectivity index is 1.98. The summed E-state index contributed by atoms with van der Waals surface area (Å²) in [7, 11) is 0. The van der Waals surface area contributed by atoms with Crippen LogP contribution in [0.1, 0.15) is 21.5 Å². The number of rotatable bonds is 4. The van der Waals surface area contributed by atoms with Crippen molar-refractivity contribution >= 4 is 23.6 Å². The SMILES string of the molecule is O=C(O)c1ccc(C/C=C/c2ccc(Cl)cc2)cc1. The lowest BCUT2D eigenvalue weighted by molar-refractivity contribution is 0.0697. The first kappa shape index (κ1) is 13.4. The van der Waals surface area contributed by atoms with Crippen molar-refractivity contribution in [2.75, 3.05) is 0 Å². The largest absolute Gasteiger partial charge is 0.478 e. The van der Waals surface area contributed by atoms with Crippen molar-refractivity contribution in [3.05, 3.63) is 76.3 Å². The van der Waals surface area contributed by atoms with Crippen molar-refractivity contribution in [3.8, 4) is 0 Å². The van der Waals surface area contributed by atoms with Crippen LogP contribution >= 0.6 is 11.6 Å². The molecule has 0 spiro atoms. The average Bonchev–Trinajstić information content (AvgIpc) is 2.41. The number of carboxylic acids is 1. The van der Waals surface area contributed by atoms with Gasteiger partial charge in [0.1, 0.15) is 0 Å². The van der Waals surface area contributed by atoms with E-state index in [2.05, 4.69) is 0 Å². The predicted molar refractivity (Wildman–Crippen MR) is 77.6 cm³/mol. The first-order chi connectivity index (χ1) is 9.15. The van der Waals surface area contributed by atoms with Crippen LogP contribution in [0.15, 0.2) is 54.6 Å². The van der Waals surface area contributed by atoms with Crippen LogP contribution in [0.5, 0.6) is 0 Å². The molecule has 19 heavy (non-hydrogen) atoms. The molecule has 0 unspecified atom stereocenters. The van der Waals surface area contributed by atoms with Crippen LogP contribution in [-0.2, 0) is 6.42 Å². The van der Waals surface area contributed by atoms with E-state index in [-0.39, 0.29) is 0 Å². The van der Waals surface area contributed by atoms with E-state index in [4.69, 9.17) is 16.7 Å². The van der Waals surface area contributed by atoms with Gasteiger partial charge in [-0.15, -0.1) is 0 Å². The molecule has 0 radical (unpaired) electrons. The van der Waals surface area contributed by atoms with Gasteiger partial charge in [0.05, 0.1) is 5.56 Å². The first-order valence-electron chi connectivity index (χ1n) is 5.89. The third-order valence-electron chi connectivity index (χ3n) is 2.73. The van der Waals surface area contributed by atoms with Crippen LogP contribution in [0.25, 0.3) is 6.08 Å². The summed E-state index contributed by atoms with van der Waals surface area (Å²) in [6.45, 7) is 0. The molecule has 0 aromatic heterocycles. The Hall–Kier alpha value is -2.06. The molecule has 0 aliphatic heterocycles. The fourth-order valence-electron chi connectivity index (χ4n) is 1.69. The molecule has 0 saturated carbocycles. The van der Waals surface area contributed by atoms with Crippen molar-refractivity contribution in [1.29, 1.82) is 0 Å². The maximum absolute atomic E-state index is 10.7. The standard InChI is InChI=1S/C16H13ClO2/c17-15-10-6-13(7-11-15)3-1-2-12-4-8-14(9-5-12)16(18)19/h1,3-11H,2H2,(H,18,19)/b3-1+. The van der Waals surface area contributed by atoms with E-state index in [1.807, 2.05) is 48.6 Å². The highest BCUT2D eigenvalue weighted by molar-refractivity contribution is 6.30. The van der Waals surface area contributed by atoms with Gasteiger partial charge in [0.2, 0.25) is 0 Å². The van der Waals surface area contributed by atoms with Crippen molar-refractivity contribution in [2.24, 2.45) is 0 Å². The van der Waals surface area contributed by atoms with E-state index in [0.717, 1.165) is 22.6 Å². The Bertz CT molecular complexity index is 583. The summed E-state index contributed by atoms with van der Waals surface area (Å²) in [4.78, 5) is 10.7. The van der Waals surface area contributed by atoms with Gasteiger partial charge in [0.15, 0.2) is 0 Å². The highest BCUT2D eigenvalue weighted by Gasteiger charge is 2.00. The number of halogens is 1. The summed E-state index contributed by atoms with van der Waals surface area (Å²) in [5.41, 5.74) is 2.48. The molecule has 2 rings (SSSR count). The minimum absolute atomic E-state index is 0.311. The fraction of sp³-hybridized carbons (Fsp3) is 0.0625. The molecule has 0 heterocycles. The molecule has 0 aliphatic carbocycles. The van der Waals surface area contributed by atoms with Gasteiger partial charge in [-0.05, 0) is 41.8 Å². The maximum Gasteiger partial charge on any atom is 0.335 e. The number of hydrogen-bond donors (Lipinski definition) is 1. The number of carboxylic acid groups (broad SMARTS) is 1. The molecule has 0 atom stereocenters. The monoisotopic (exact) mass is 272 g/mol. The normalized spacial score (nSPS) is 10.8. The molecule has 1 N–H and O–H groups in total. The van der Waals surface area contributed by atoms with Crippen molar-refractivity contribution in [1.82, 2.24) is 0 Å². The van der Waals surface area contributed by atoms with Gasteiger partial charge in [-0.1, -0.05) is 48.0 Å². The van der Waals surface area contributed by atoms with E-state index in [1.165, 1.54) is 0 Å². The second-order valence-electron chi connectivity index (χ2n) is 4.16. The highest BCUT2D eigenvalue weighted by atomic mass is 35.5. The maximum atomic E-state index is 10.7. The zero-order valence-electron chi connectivity index (χ0n) is 10.2. The van der Waals surface area contributed by atoms with Crippen LogP contribution in [0.2, 0.25) is 5.02 Å². The van der Waals surface area contributed by atoms with Crippen LogP contribution < -0.4 is 0 Å². The molecule has 2 aromatic carbocycles. The Morgan fingerprint density at radius 3 is 2.26 bits per heavy atom. The molecule has 2 aromatic rings. The smallest absolute Gasteiger partial charge is 0.335 e. The van der Waals surface area contributed by atoms with Gasteiger partial charge in [-0.2, -0.15) is 0 Å². The molecule has 0 aliphatic rings. The fourth-order valence-corrected chi connectivity index (χ4v) is 1.81. The van der Waals surface area contributed by atoms with Crippen molar-refractivity contribution < 1.29 is 9.90 Å². The van der Waals surface area contributed by atoms with Gasteiger partial charge < -0.3 is 5.11 Å². The first-order valence-corrected chi connectivity index (χ1v) is 6.27. The zero-order valence-corrected chi connectivity index (χ0v) is 11.0. The molecular formula is C16H13ClO2. The number of carbonyl (C=O) groups is 1. The van der Waals surface area contributed by atoms with Crippen LogP contribution in [0, 0.1) is 0 Å². The van der Waals surface area contributed by atoms with Gasteiger partial charge >= 0.3 is 5.97 Å². The van der Waals surface area contributed by atoms with Gasteiger partial charge in [0, 0.05) is 5.02 Å². The Morgan fingerprint density at radius 2 is 1.68 bits per heavy atom. The Morgan fingerprint density at radius 1 is 1.05 bits per heavy atom. The third-order valence-corrected chi connectivity index (χ3v) is 2.99. The highest BCUT2D eigenvalue weighted by Crippen LogP contribution is 2.11. The molecular weight excluding hydrogens is 260 g/mol. The summed E-state index contributed by atoms with van der Waals surface area (Å²) in [6.07, 6.45) is 4.82. The van der Waals surface area contributed by atoms with Crippen LogP contribution in [0.4, 0.5) is 0 Å². The zero-order chi connectivity index (χ0) is 13.7. The minimum atomic E-state index is -0.900. The Kier molecular flexibility index (Phi) is 4.37. The van der Waals surface area contributed by atoms with Crippen LogP contribution in [-0.4, -0.2) is 11.1 Å². The van der Waals surface area contributed by atoms with Gasteiger partial charge in [-0.3, -0.25) is 0 Å². The Labute approximate surface area is 117 Å². The number of allylic oxidation sites excluding steroid dienone is 1. The summed E-state index contributed by atoms with van der Waals surface area (Å²) in [5, 5.41) is 9.52. The topological polar surface area (TPSA) is 37.3 Å². The summed E-state index contributed by atoms with van der Waals surface area (Å²) < 4.78 is 0. The number of aromatic carboxylic acids is 1. The lowest BCUT2D eigenvalue weighted by Crippen LogP contribution is -1.95. The van der Waals surface area contributed by atoms with E-state index < -0.39 is 5.97 Å². The predicted octanol–water partition coefficient (Wildman–Crippen LogP) is 4.29. The lowest BCUT2D eigenvalue weighted by atomic mass is 10.1. The number of benzene rings is 2. The van der Waals surface area contributed by atoms with Crippen molar-refractivity contribution in [2.45, 2.75) is 6.42 Å². The summed E-state index contributed by atoms with van der Waals surface area (Å²) in [5.74, 6) is -0.900. The molecule has 3 heteroatoms.